The first-order valence-electron chi connectivity index (χ1n) is 9.59. The maximum atomic E-state index is 12.4. The van der Waals surface area contributed by atoms with E-state index in [9.17, 15) is 18.0 Å². The number of carboxylic acids is 1. The third-order valence-electron chi connectivity index (χ3n) is 4.88. The van der Waals surface area contributed by atoms with Gasteiger partial charge in [0.05, 0.1) is 9.77 Å². The number of carbonyl (C=O) groups excluding carboxylic acids is 1. The summed E-state index contributed by atoms with van der Waals surface area (Å²) in [5.41, 5.74) is 4.21. The molecule has 0 spiro atoms. The molecule has 1 amide bonds. The van der Waals surface area contributed by atoms with Gasteiger partial charge < -0.3 is 5.11 Å². The number of benzene rings is 1. The minimum atomic E-state index is -3.92. The number of aryl methyl sites for hydroxylation is 3. The summed E-state index contributed by atoms with van der Waals surface area (Å²) in [6, 6.07) is 7.79. The zero-order valence-electron chi connectivity index (χ0n) is 15.9. The van der Waals surface area contributed by atoms with Gasteiger partial charge >= 0.3 is 5.97 Å². The maximum absolute atomic E-state index is 12.4. The molecule has 9 heteroatoms. The van der Waals surface area contributed by atoms with Crippen molar-refractivity contribution in [2.45, 2.75) is 56.3 Å². The molecule has 3 rings (SSSR count). The molecule has 1 aliphatic carbocycles. The molecule has 0 atom stereocenters. The molecular weight excluding hydrogens is 412 g/mol. The van der Waals surface area contributed by atoms with E-state index in [-0.39, 0.29) is 11.3 Å². The molecule has 1 heterocycles. The molecule has 1 aromatic carbocycles. The van der Waals surface area contributed by atoms with E-state index in [1.54, 1.807) is 12.1 Å². The number of carbonyl (C=O) groups is 2. The van der Waals surface area contributed by atoms with Crippen molar-refractivity contribution >= 4 is 33.2 Å². The van der Waals surface area contributed by atoms with Crippen LogP contribution in [0.25, 0.3) is 0 Å². The molecule has 0 fully saturated rings. The number of aliphatic carboxylic acids is 1. The average Bonchev–Trinajstić information content (AvgIpc) is 3.07. The molecule has 1 aliphatic rings. The van der Waals surface area contributed by atoms with Crippen LogP contribution in [0.5, 0.6) is 0 Å². The summed E-state index contributed by atoms with van der Waals surface area (Å²) in [7, 11) is -3.92. The van der Waals surface area contributed by atoms with E-state index in [1.807, 2.05) is 6.07 Å². The molecule has 0 radical (unpaired) electrons. The van der Waals surface area contributed by atoms with Gasteiger partial charge in [0, 0.05) is 11.3 Å². The molecule has 2 aromatic rings. The summed E-state index contributed by atoms with van der Waals surface area (Å²) in [6.07, 6.45) is 6.85. The predicted molar refractivity (Wildman–Crippen MR) is 110 cm³/mol. The molecule has 0 saturated carbocycles. The highest BCUT2D eigenvalue weighted by Crippen LogP contribution is 2.28. The van der Waals surface area contributed by atoms with Crippen LogP contribution in [0.1, 0.15) is 57.8 Å². The highest BCUT2D eigenvalue weighted by atomic mass is 32.2. The largest absolute Gasteiger partial charge is 0.481 e. The maximum Gasteiger partial charge on any atom is 0.303 e. The summed E-state index contributed by atoms with van der Waals surface area (Å²) < 4.78 is 24.8. The van der Waals surface area contributed by atoms with E-state index in [1.165, 1.54) is 46.8 Å². The van der Waals surface area contributed by atoms with Gasteiger partial charge in [0.15, 0.2) is 0 Å². The van der Waals surface area contributed by atoms with Gasteiger partial charge in [-0.05, 0) is 61.4 Å². The number of amides is 1. The van der Waals surface area contributed by atoms with E-state index in [0.717, 1.165) is 31.2 Å². The number of hydrogen-bond donors (Lipinski definition) is 3. The summed E-state index contributed by atoms with van der Waals surface area (Å²) in [5, 5.41) is 8.71. The van der Waals surface area contributed by atoms with Gasteiger partial charge in [0.25, 0.3) is 15.9 Å². The van der Waals surface area contributed by atoms with Crippen LogP contribution in [0.2, 0.25) is 0 Å². The van der Waals surface area contributed by atoms with Crippen LogP contribution < -0.4 is 10.3 Å². The topological polar surface area (TPSA) is 113 Å². The van der Waals surface area contributed by atoms with E-state index in [4.69, 9.17) is 5.11 Å². The first-order valence-corrected chi connectivity index (χ1v) is 11.9. The Hall–Kier alpha value is -2.23. The van der Waals surface area contributed by atoms with Gasteiger partial charge in [0.2, 0.25) is 0 Å². The molecule has 0 unspecified atom stereocenters. The Morgan fingerprint density at radius 2 is 1.72 bits per heavy atom. The number of hydrogen-bond acceptors (Lipinski definition) is 5. The van der Waals surface area contributed by atoms with Crippen molar-refractivity contribution in [2.75, 3.05) is 0 Å². The van der Waals surface area contributed by atoms with Gasteiger partial charge in [-0.2, -0.15) is 0 Å². The fourth-order valence-corrected chi connectivity index (χ4v) is 5.26. The van der Waals surface area contributed by atoms with Crippen LogP contribution >= 0.6 is 11.3 Å². The van der Waals surface area contributed by atoms with Gasteiger partial charge in [-0.15, -0.1) is 16.2 Å². The second-order valence-electron chi connectivity index (χ2n) is 7.07. The number of fused-ring (bicyclic) bond motifs is 1. The van der Waals surface area contributed by atoms with Crippen LogP contribution in [0, 0.1) is 0 Å². The summed E-state index contributed by atoms with van der Waals surface area (Å²) in [4.78, 5) is 26.9. The van der Waals surface area contributed by atoms with E-state index >= 15 is 0 Å². The van der Waals surface area contributed by atoms with Crippen molar-refractivity contribution in [3.05, 3.63) is 51.2 Å². The molecule has 0 bridgehead atoms. The van der Waals surface area contributed by atoms with Gasteiger partial charge in [-0.1, -0.05) is 25.0 Å². The second kappa shape index (κ2) is 9.51. The van der Waals surface area contributed by atoms with Crippen molar-refractivity contribution in [3.8, 4) is 0 Å². The molecule has 29 heavy (non-hydrogen) atoms. The lowest BCUT2D eigenvalue weighted by atomic mass is 10.00. The molecular formula is C20H24N2O5S2. The van der Waals surface area contributed by atoms with E-state index < -0.39 is 21.9 Å². The van der Waals surface area contributed by atoms with Gasteiger partial charge in [0.1, 0.15) is 0 Å². The molecule has 7 nitrogen and oxygen atoms in total. The van der Waals surface area contributed by atoms with Crippen LogP contribution in [-0.4, -0.2) is 25.4 Å². The highest BCUT2D eigenvalue weighted by molar-refractivity contribution is 7.89. The minimum Gasteiger partial charge on any atom is -0.481 e. The second-order valence-corrected chi connectivity index (χ2v) is 9.89. The number of hydrazine groups is 1. The molecule has 156 valence electrons. The van der Waals surface area contributed by atoms with Gasteiger partial charge in [-0.3, -0.25) is 15.0 Å². The summed E-state index contributed by atoms with van der Waals surface area (Å²) in [6.45, 7) is 0. The van der Waals surface area contributed by atoms with Crippen molar-refractivity contribution in [1.29, 1.82) is 0 Å². The number of nitrogens with one attached hydrogen (secondary N) is 2. The lowest BCUT2D eigenvalue weighted by molar-refractivity contribution is -0.136. The zero-order valence-corrected chi connectivity index (χ0v) is 17.6. The Balaban J connectivity index is 1.61. The third kappa shape index (κ3) is 5.88. The predicted octanol–water partition coefficient (Wildman–Crippen LogP) is 3.05. The van der Waals surface area contributed by atoms with E-state index in [2.05, 4.69) is 10.3 Å². The number of thiophene rings is 1. The Labute approximate surface area is 174 Å². The van der Waals surface area contributed by atoms with Crippen LogP contribution in [-0.2, 0) is 34.1 Å². The highest BCUT2D eigenvalue weighted by Gasteiger charge is 2.19. The van der Waals surface area contributed by atoms with Gasteiger partial charge in [-0.25, -0.2) is 8.42 Å². The fraction of sp³-hybridized carbons (Fsp3) is 0.400. The smallest absolute Gasteiger partial charge is 0.303 e. The van der Waals surface area contributed by atoms with E-state index in [0.29, 0.717) is 11.3 Å². The van der Waals surface area contributed by atoms with Crippen molar-refractivity contribution in [3.63, 3.8) is 0 Å². The van der Waals surface area contributed by atoms with Crippen molar-refractivity contribution in [2.24, 2.45) is 0 Å². The van der Waals surface area contributed by atoms with Crippen molar-refractivity contribution in [1.82, 2.24) is 10.3 Å². The molecule has 3 N–H and O–H groups in total. The standard InChI is InChI=1S/C20H24N2O5S2/c23-19(24)12-9-14-7-10-16(11-8-14)29(26,27)22-21-20(25)18-13-15-5-3-1-2-4-6-17(15)28-18/h7-8,10-11,13,22H,1-6,9,12H2,(H,21,25)(H,23,24). The molecule has 0 saturated heterocycles. The zero-order chi connectivity index (χ0) is 20.9. The quantitative estimate of drug-likeness (QED) is 0.578. The Morgan fingerprint density at radius 3 is 2.41 bits per heavy atom. The number of carboxylic acid groups (broad SMARTS) is 1. The molecule has 1 aromatic heterocycles. The number of rotatable bonds is 7. The first-order chi connectivity index (χ1) is 13.8. The SMILES string of the molecule is O=C(O)CCc1ccc(S(=O)(=O)NNC(=O)c2cc3c(s2)CCCCCC3)cc1. The normalized spacial score (nSPS) is 14.5. The molecule has 0 aliphatic heterocycles. The van der Waals surface area contributed by atoms with Crippen LogP contribution in [0.15, 0.2) is 35.2 Å². The monoisotopic (exact) mass is 436 g/mol. The Kier molecular flexibility index (Phi) is 7.05. The third-order valence-corrected chi connectivity index (χ3v) is 7.38. The Morgan fingerprint density at radius 1 is 1.03 bits per heavy atom. The lowest BCUT2D eigenvalue weighted by Gasteiger charge is -2.08. The lowest BCUT2D eigenvalue weighted by Crippen LogP contribution is -2.41. The van der Waals surface area contributed by atoms with Crippen LogP contribution in [0.4, 0.5) is 0 Å². The average molecular weight is 437 g/mol. The Bertz CT molecular complexity index is 955. The number of sulfonamides is 1. The van der Waals surface area contributed by atoms with Crippen molar-refractivity contribution < 1.29 is 23.1 Å². The first kappa shape index (κ1) is 21.5. The minimum absolute atomic E-state index is 0.00433. The fourth-order valence-electron chi connectivity index (χ4n) is 3.28. The summed E-state index contributed by atoms with van der Waals surface area (Å²) in [5.74, 6) is -1.38. The van der Waals surface area contributed by atoms with Crippen LogP contribution in [0.3, 0.4) is 0 Å². The summed E-state index contributed by atoms with van der Waals surface area (Å²) >= 11 is 1.43.